The van der Waals surface area contributed by atoms with Gasteiger partial charge in [0.15, 0.2) is 5.13 Å². The molecule has 0 spiro atoms. The number of aryl methyl sites for hydroxylation is 1. The Morgan fingerprint density at radius 1 is 1.19 bits per heavy atom. The summed E-state index contributed by atoms with van der Waals surface area (Å²) in [5, 5.41) is 11.2. The van der Waals surface area contributed by atoms with Crippen molar-refractivity contribution in [1.82, 2.24) is 15.0 Å². The molecule has 0 bridgehead atoms. The molecule has 0 amide bonds. The van der Waals surface area contributed by atoms with Crippen LogP contribution in [0.2, 0.25) is 0 Å². The highest BCUT2D eigenvalue weighted by molar-refractivity contribution is 7.18. The van der Waals surface area contributed by atoms with Crippen LogP contribution in [0.15, 0.2) is 42.7 Å². The lowest BCUT2D eigenvalue weighted by atomic mass is 9.89. The molecule has 3 heterocycles. The normalized spacial score (nSPS) is 13.7. The number of hydrogen-bond donors (Lipinski definition) is 2. The molecule has 0 unspecified atom stereocenters. The third kappa shape index (κ3) is 6.75. The summed E-state index contributed by atoms with van der Waals surface area (Å²) in [6.07, 6.45) is 10.6. The standard InChI is InChI=1S/C22H27N5S.CH2O2/c1-16-11-12-23-21(13-16)26-20-10-6-9-18(25-20)19-14-24-22(28-19)27(2)15-17-7-4-3-5-8-17;2-1-3/h6,9-14,17H,3-5,7-8,15H2,1-2H3,(H,23,25,26);1H,(H,2,3). The summed E-state index contributed by atoms with van der Waals surface area (Å²) in [6, 6.07) is 10.0. The van der Waals surface area contributed by atoms with Gasteiger partial charge in [0.1, 0.15) is 11.6 Å². The highest BCUT2D eigenvalue weighted by Gasteiger charge is 2.17. The topological polar surface area (TPSA) is 91.2 Å². The molecule has 8 heteroatoms. The van der Waals surface area contributed by atoms with Gasteiger partial charge in [0.2, 0.25) is 0 Å². The lowest BCUT2D eigenvalue weighted by Crippen LogP contribution is -2.26. The second-order valence-corrected chi connectivity index (χ2v) is 8.76. The van der Waals surface area contributed by atoms with Gasteiger partial charge in [-0.1, -0.05) is 36.7 Å². The maximum absolute atomic E-state index is 8.36. The molecule has 164 valence electrons. The second-order valence-electron chi connectivity index (χ2n) is 7.75. The van der Waals surface area contributed by atoms with Crippen molar-refractivity contribution in [3.8, 4) is 10.6 Å². The Labute approximate surface area is 187 Å². The van der Waals surface area contributed by atoms with Gasteiger partial charge in [-0.05, 0) is 55.5 Å². The predicted molar refractivity (Wildman–Crippen MR) is 126 cm³/mol. The molecule has 1 aliphatic carbocycles. The summed E-state index contributed by atoms with van der Waals surface area (Å²) in [5.74, 6) is 2.40. The molecule has 0 saturated heterocycles. The molecule has 31 heavy (non-hydrogen) atoms. The number of hydrogen-bond acceptors (Lipinski definition) is 7. The summed E-state index contributed by atoms with van der Waals surface area (Å²) in [6.45, 7) is 2.90. The maximum atomic E-state index is 8.36. The summed E-state index contributed by atoms with van der Waals surface area (Å²) < 4.78 is 0. The van der Waals surface area contributed by atoms with Crippen molar-refractivity contribution >= 4 is 34.6 Å². The number of carbonyl (C=O) groups is 1. The van der Waals surface area contributed by atoms with Crippen LogP contribution in [0.4, 0.5) is 16.8 Å². The minimum atomic E-state index is -0.250. The van der Waals surface area contributed by atoms with Crippen LogP contribution < -0.4 is 10.2 Å². The van der Waals surface area contributed by atoms with E-state index in [2.05, 4.69) is 34.2 Å². The molecule has 0 radical (unpaired) electrons. The van der Waals surface area contributed by atoms with Crippen LogP contribution >= 0.6 is 11.3 Å². The van der Waals surface area contributed by atoms with Crippen LogP contribution in [0.25, 0.3) is 10.6 Å². The zero-order chi connectivity index (χ0) is 22.1. The van der Waals surface area contributed by atoms with Crippen LogP contribution in [0, 0.1) is 12.8 Å². The molecule has 0 aromatic carbocycles. The molecular formula is C23H29N5O2S. The zero-order valence-electron chi connectivity index (χ0n) is 18.0. The molecule has 4 rings (SSSR count). The number of pyridine rings is 2. The largest absolute Gasteiger partial charge is 0.483 e. The minimum absolute atomic E-state index is 0.250. The number of carboxylic acid groups (broad SMARTS) is 1. The first kappa shape index (κ1) is 22.7. The average molecular weight is 440 g/mol. The fourth-order valence-electron chi connectivity index (χ4n) is 3.77. The van der Waals surface area contributed by atoms with E-state index in [4.69, 9.17) is 14.9 Å². The van der Waals surface area contributed by atoms with Crippen molar-refractivity contribution in [3.05, 3.63) is 48.3 Å². The zero-order valence-corrected chi connectivity index (χ0v) is 18.8. The van der Waals surface area contributed by atoms with Gasteiger partial charge in [0.25, 0.3) is 6.47 Å². The number of nitrogens with zero attached hydrogens (tertiary/aromatic N) is 4. The second kappa shape index (κ2) is 11.4. The lowest BCUT2D eigenvalue weighted by Gasteiger charge is -2.26. The first-order chi connectivity index (χ1) is 15.1. The van der Waals surface area contributed by atoms with Gasteiger partial charge in [-0.2, -0.15) is 0 Å². The van der Waals surface area contributed by atoms with E-state index < -0.39 is 0 Å². The SMILES string of the molecule is Cc1ccnc(Nc2cccc(-c3cnc(N(C)CC4CCCCC4)s3)n2)c1.O=CO. The highest BCUT2D eigenvalue weighted by Crippen LogP contribution is 2.32. The first-order valence-corrected chi connectivity index (χ1v) is 11.3. The van der Waals surface area contributed by atoms with Crippen molar-refractivity contribution in [1.29, 1.82) is 0 Å². The Morgan fingerprint density at radius 2 is 1.97 bits per heavy atom. The van der Waals surface area contributed by atoms with Crippen LogP contribution in [-0.2, 0) is 4.79 Å². The number of thiazole rings is 1. The minimum Gasteiger partial charge on any atom is -0.483 e. The van der Waals surface area contributed by atoms with E-state index in [1.54, 1.807) is 17.5 Å². The van der Waals surface area contributed by atoms with E-state index in [1.165, 1.54) is 37.7 Å². The van der Waals surface area contributed by atoms with Crippen molar-refractivity contribution < 1.29 is 9.90 Å². The van der Waals surface area contributed by atoms with Crippen molar-refractivity contribution in [2.45, 2.75) is 39.0 Å². The van der Waals surface area contributed by atoms with Crippen molar-refractivity contribution in [2.75, 3.05) is 23.8 Å². The molecule has 3 aromatic heterocycles. The van der Waals surface area contributed by atoms with Crippen LogP contribution in [-0.4, -0.2) is 40.1 Å². The molecule has 1 aliphatic rings. The van der Waals surface area contributed by atoms with E-state index in [1.807, 2.05) is 36.5 Å². The number of rotatable bonds is 6. The molecule has 1 fully saturated rings. The number of aromatic nitrogens is 3. The quantitative estimate of drug-likeness (QED) is 0.499. The molecule has 7 nitrogen and oxygen atoms in total. The van der Waals surface area contributed by atoms with E-state index in [0.717, 1.165) is 39.8 Å². The summed E-state index contributed by atoms with van der Waals surface area (Å²) in [7, 11) is 2.16. The molecule has 3 aromatic rings. The Hall–Kier alpha value is -3.00. The smallest absolute Gasteiger partial charge is 0.290 e. The van der Waals surface area contributed by atoms with Gasteiger partial charge in [0.05, 0.1) is 10.6 Å². The molecule has 1 saturated carbocycles. The maximum Gasteiger partial charge on any atom is 0.290 e. The molecule has 0 aliphatic heterocycles. The Kier molecular flexibility index (Phi) is 8.35. The van der Waals surface area contributed by atoms with Crippen LogP contribution in [0.1, 0.15) is 37.7 Å². The molecule has 2 N–H and O–H groups in total. The van der Waals surface area contributed by atoms with Gasteiger partial charge in [-0.3, -0.25) is 4.79 Å². The summed E-state index contributed by atoms with van der Waals surface area (Å²) in [5.41, 5.74) is 2.11. The van der Waals surface area contributed by atoms with Gasteiger partial charge in [0, 0.05) is 26.0 Å². The Balaban J connectivity index is 0.000000858. The lowest BCUT2D eigenvalue weighted by molar-refractivity contribution is -0.122. The van der Waals surface area contributed by atoms with Gasteiger partial charge < -0.3 is 15.3 Å². The van der Waals surface area contributed by atoms with Crippen LogP contribution in [0.3, 0.4) is 0 Å². The van der Waals surface area contributed by atoms with E-state index in [0.29, 0.717) is 0 Å². The van der Waals surface area contributed by atoms with Crippen LogP contribution in [0.5, 0.6) is 0 Å². The number of nitrogens with one attached hydrogen (secondary N) is 1. The summed E-state index contributed by atoms with van der Waals surface area (Å²) in [4.78, 5) is 25.5. The Bertz CT molecular complexity index is 972. The Morgan fingerprint density at radius 3 is 2.71 bits per heavy atom. The molecular weight excluding hydrogens is 410 g/mol. The average Bonchev–Trinajstić information content (AvgIpc) is 3.26. The predicted octanol–water partition coefficient (Wildman–Crippen LogP) is 5.37. The summed E-state index contributed by atoms with van der Waals surface area (Å²) >= 11 is 1.71. The van der Waals surface area contributed by atoms with Gasteiger partial charge in [-0.15, -0.1) is 0 Å². The highest BCUT2D eigenvalue weighted by atomic mass is 32.1. The fourth-order valence-corrected chi connectivity index (χ4v) is 4.63. The fraction of sp³-hybridized carbons (Fsp3) is 0.391. The first-order valence-electron chi connectivity index (χ1n) is 10.5. The molecule has 0 atom stereocenters. The van der Waals surface area contributed by atoms with E-state index >= 15 is 0 Å². The van der Waals surface area contributed by atoms with E-state index in [-0.39, 0.29) is 6.47 Å². The van der Waals surface area contributed by atoms with Crippen molar-refractivity contribution in [2.24, 2.45) is 5.92 Å². The third-order valence-corrected chi connectivity index (χ3v) is 6.38. The monoisotopic (exact) mass is 439 g/mol. The third-order valence-electron chi connectivity index (χ3n) is 5.25. The van der Waals surface area contributed by atoms with Crippen molar-refractivity contribution in [3.63, 3.8) is 0 Å². The van der Waals surface area contributed by atoms with Gasteiger partial charge >= 0.3 is 0 Å². The van der Waals surface area contributed by atoms with E-state index in [9.17, 15) is 0 Å². The number of anilines is 3. The van der Waals surface area contributed by atoms with Gasteiger partial charge in [-0.25, -0.2) is 15.0 Å².